The minimum atomic E-state index is 0.667. The Bertz CT molecular complexity index is 800. The van der Waals surface area contributed by atoms with Gasteiger partial charge in [-0.3, -0.25) is 15.4 Å². The maximum Gasteiger partial charge on any atom is 0.0859 e. The molecule has 0 saturated carbocycles. The Morgan fingerprint density at radius 3 is 2.81 bits per heavy atom. The summed E-state index contributed by atoms with van der Waals surface area (Å²) in [4.78, 5) is 8.57. The summed E-state index contributed by atoms with van der Waals surface area (Å²) >= 11 is 5.98. The standard InChI is InChI=1S/C16H13ClN4/c1-11(14-4-2-3-8-18-14)20-21-15-7-9-19-16-10-12(17)5-6-13(15)16/h2-10H,1H3,(H,19,21)/b20-11+. The number of hydrazone groups is 1. The number of hydrogen-bond donors (Lipinski definition) is 1. The van der Waals surface area contributed by atoms with Crippen LogP contribution in [-0.2, 0) is 0 Å². The molecular weight excluding hydrogens is 284 g/mol. The van der Waals surface area contributed by atoms with E-state index in [0.29, 0.717) is 5.02 Å². The first-order valence-corrected chi connectivity index (χ1v) is 6.88. The molecule has 0 aliphatic carbocycles. The Balaban J connectivity index is 1.92. The molecule has 0 unspecified atom stereocenters. The number of fused-ring (bicyclic) bond motifs is 1. The van der Waals surface area contributed by atoms with Gasteiger partial charge < -0.3 is 0 Å². The molecule has 1 aromatic carbocycles. The van der Waals surface area contributed by atoms with E-state index in [-0.39, 0.29) is 0 Å². The zero-order valence-electron chi connectivity index (χ0n) is 11.4. The van der Waals surface area contributed by atoms with Crippen molar-refractivity contribution in [1.82, 2.24) is 9.97 Å². The molecule has 104 valence electrons. The molecule has 2 heterocycles. The first kappa shape index (κ1) is 13.5. The summed E-state index contributed by atoms with van der Waals surface area (Å²) in [5, 5.41) is 6.02. The zero-order chi connectivity index (χ0) is 14.7. The predicted molar refractivity (Wildman–Crippen MR) is 86.8 cm³/mol. The van der Waals surface area contributed by atoms with Gasteiger partial charge in [0.25, 0.3) is 0 Å². The average molecular weight is 297 g/mol. The molecule has 4 nitrogen and oxygen atoms in total. The Hall–Kier alpha value is -2.46. The molecule has 2 aromatic heterocycles. The van der Waals surface area contributed by atoms with Crippen molar-refractivity contribution in [2.75, 3.05) is 5.43 Å². The number of anilines is 1. The van der Waals surface area contributed by atoms with Crippen molar-refractivity contribution in [3.05, 3.63) is 65.6 Å². The number of nitrogens with one attached hydrogen (secondary N) is 1. The lowest BCUT2D eigenvalue weighted by Gasteiger charge is -2.06. The number of benzene rings is 1. The van der Waals surface area contributed by atoms with Crippen LogP contribution in [0.4, 0.5) is 5.69 Å². The van der Waals surface area contributed by atoms with E-state index < -0.39 is 0 Å². The number of hydrogen-bond acceptors (Lipinski definition) is 4. The monoisotopic (exact) mass is 296 g/mol. The fraction of sp³-hybridized carbons (Fsp3) is 0.0625. The molecule has 21 heavy (non-hydrogen) atoms. The van der Waals surface area contributed by atoms with E-state index in [1.54, 1.807) is 12.4 Å². The predicted octanol–water partition coefficient (Wildman–Crippen LogP) is 4.12. The lowest BCUT2D eigenvalue weighted by molar-refractivity contribution is 1.25. The van der Waals surface area contributed by atoms with Crippen LogP contribution in [0.25, 0.3) is 10.9 Å². The van der Waals surface area contributed by atoms with Gasteiger partial charge >= 0.3 is 0 Å². The maximum atomic E-state index is 5.98. The highest BCUT2D eigenvalue weighted by Crippen LogP contribution is 2.24. The summed E-state index contributed by atoms with van der Waals surface area (Å²) < 4.78 is 0. The molecule has 3 rings (SSSR count). The van der Waals surface area contributed by atoms with Gasteiger partial charge in [0.1, 0.15) is 0 Å². The molecule has 0 saturated heterocycles. The second-order valence-electron chi connectivity index (χ2n) is 4.54. The molecule has 5 heteroatoms. The van der Waals surface area contributed by atoms with E-state index in [1.165, 1.54) is 0 Å². The first-order valence-electron chi connectivity index (χ1n) is 6.50. The minimum Gasteiger partial charge on any atom is -0.277 e. The quantitative estimate of drug-likeness (QED) is 0.584. The van der Waals surface area contributed by atoms with Crippen LogP contribution >= 0.6 is 11.6 Å². The van der Waals surface area contributed by atoms with Crippen molar-refractivity contribution in [3.8, 4) is 0 Å². The highest BCUT2D eigenvalue weighted by Gasteiger charge is 2.03. The van der Waals surface area contributed by atoms with Gasteiger partial charge in [-0.15, -0.1) is 0 Å². The second kappa shape index (κ2) is 5.89. The molecule has 1 N–H and O–H groups in total. The molecule has 0 atom stereocenters. The fourth-order valence-electron chi connectivity index (χ4n) is 2.00. The Kier molecular flexibility index (Phi) is 3.79. The van der Waals surface area contributed by atoms with Crippen LogP contribution in [0, 0.1) is 0 Å². The SMILES string of the molecule is C/C(=N\Nc1ccnc2cc(Cl)ccc12)c1ccccn1. The van der Waals surface area contributed by atoms with Crippen molar-refractivity contribution >= 4 is 33.9 Å². The van der Waals surface area contributed by atoms with Gasteiger partial charge in [0, 0.05) is 22.8 Å². The highest BCUT2D eigenvalue weighted by molar-refractivity contribution is 6.31. The van der Waals surface area contributed by atoms with Gasteiger partial charge in [-0.2, -0.15) is 5.10 Å². The van der Waals surface area contributed by atoms with Gasteiger partial charge in [-0.05, 0) is 43.3 Å². The van der Waals surface area contributed by atoms with Crippen LogP contribution in [-0.4, -0.2) is 15.7 Å². The molecule has 0 aliphatic heterocycles. The number of halogens is 1. The van der Waals surface area contributed by atoms with E-state index >= 15 is 0 Å². The zero-order valence-corrected chi connectivity index (χ0v) is 12.2. The van der Waals surface area contributed by atoms with Crippen molar-refractivity contribution in [1.29, 1.82) is 0 Å². The minimum absolute atomic E-state index is 0.667. The number of aromatic nitrogens is 2. The normalized spacial score (nSPS) is 11.6. The summed E-state index contributed by atoms with van der Waals surface area (Å²) in [6.45, 7) is 1.91. The highest BCUT2D eigenvalue weighted by atomic mass is 35.5. The second-order valence-corrected chi connectivity index (χ2v) is 4.98. The van der Waals surface area contributed by atoms with Crippen LogP contribution in [0.1, 0.15) is 12.6 Å². The third kappa shape index (κ3) is 3.01. The summed E-state index contributed by atoms with van der Waals surface area (Å²) in [6.07, 6.45) is 3.48. The van der Waals surface area contributed by atoms with Gasteiger partial charge in [-0.25, -0.2) is 0 Å². The van der Waals surface area contributed by atoms with Crippen LogP contribution < -0.4 is 5.43 Å². The van der Waals surface area contributed by atoms with E-state index in [0.717, 1.165) is 28.0 Å². The Morgan fingerprint density at radius 2 is 2.00 bits per heavy atom. The fourth-order valence-corrected chi connectivity index (χ4v) is 2.16. The average Bonchev–Trinajstić information content (AvgIpc) is 2.53. The molecule has 0 aliphatic rings. The number of nitrogens with zero attached hydrogens (tertiary/aromatic N) is 3. The lowest BCUT2D eigenvalue weighted by Crippen LogP contribution is -2.02. The molecule has 3 aromatic rings. The van der Waals surface area contributed by atoms with Crippen LogP contribution in [0.3, 0.4) is 0 Å². The van der Waals surface area contributed by atoms with Crippen LogP contribution in [0.15, 0.2) is 60.0 Å². The maximum absolute atomic E-state index is 5.98. The number of rotatable bonds is 3. The summed E-state index contributed by atoms with van der Waals surface area (Å²) in [5.74, 6) is 0. The lowest BCUT2D eigenvalue weighted by atomic mass is 10.2. The Morgan fingerprint density at radius 1 is 1.10 bits per heavy atom. The number of pyridine rings is 2. The van der Waals surface area contributed by atoms with Crippen LogP contribution in [0.5, 0.6) is 0 Å². The summed E-state index contributed by atoms with van der Waals surface area (Å²) in [5.41, 5.74) is 6.44. The van der Waals surface area contributed by atoms with Crippen molar-refractivity contribution < 1.29 is 0 Å². The third-order valence-electron chi connectivity index (χ3n) is 3.08. The molecular formula is C16H13ClN4. The first-order chi connectivity index (χ1) is 10.2. The smallest absolute Gasteiger partial charge is 0.0859 e. The molecule has 0 spiro atoms. The van der Waals surface area contributed by atoms with Gasteiger partial charge in [0.05, 0.1) is 22.6 Å². The Labute approximate surface area is 127 Å². The molecule has 0 bridgehead atoms. The van der Waals surface area contributed by atoms with Gasteiger partial charge in [0.2, 0.25) is 0 Å². The van der Waals surface area contributed by atoms with E-state index in [1.807, 2.05) is 49.4 Å². The molecule has 0 amide bonds. The van der Waals surface area contributed by atoms with Crippen molar-refractivity contribution in [3.63, 3.8) is 0 Å². The van der Waals surface area contributed by atoms with E-state index in [2.05, 4.69) is 20.5 Å². The topological polar surface area (TPSA) is 50.2 Å². The molecule has 0 radical (unpaired) electrons. The van der Waals surface area contributed by atoms with E-state index in [9.17, 15) is 0 Å². The summed E-state index contributed by atoms with van der Waals surface area (Å²) in [7, 11) is 0. The van der Waals surface area contributed by atoms with Gasteiger partial charge in [0.15, 0.2) is 0 Å². The molecule has 0 fully saturated rings. The summed E-state index contributed by atoms with van der Waals surface area (Å²) in [6, 6.07) is 13.2. The van der Waals surface area contributed by atoms with Gasteiger partial charge in [-0.1, -0.05) is 17.7 Å². The largest absolute Gasteiger partial charge is 0.277 e. The van der Waals surface area contributed by atoms with Crippen LogP contribution in [0.2, 0.25) is 5.02 Å². The van der Waals surface area contributed by atoms with Crippen molar-refractivity contribution in [2.45, 2.75) is 6.92 Å². The van der Waals surface area contributed by atoms with Crippen molar-refractivity contribution in [2.24, 2.45) is 5.10 Å². The van der Waals surface area contributed by atoms with E-state index in [4.69, 9.17) is 11.6 Å². The third-order valence-corrected chi connectivity index (χ3v) is 3.32.